The van der Waals surface area contributed by atoms with Gasteiger partial charge in [-0.3, -0.25) is 0 Å². The highest BCUT2D eigenvalue weighted by atomic mass is 16.6. The maximum atomic E-state index is 10.3. The molecule has 0 fully saturated rings. The molecule has 0 atom stereocenters. The SMILES string of the molecule is CCCCCCCCc1ccccc1OCCOCCOCCOCCOCCOCCOCCOCCOCC(=O)O. The normalized spacial score (nSPS) is 11.3. The molecule has 0 aromatic heterocycles. The molecule has 1 N–H and O–H groups in total. The summed E-state index contributed by atoms with van der Waals surface area (Å²) in [6.45, 7) is 9.42. The van der Waals surface area contributed by atoms with Gasteiger partial charge < -0.3 is 47.7 Å². The molecule has 0 saturated heterocycles. The van der Waals surface area contributed by atoms with Crippen molar-refractivity contribution in [1.29, 1.82) is 0 Å². The van der Waals surface area contributed by atoms with Gasteiger partial charge in [0.15, 0.2) is 0 Å². The fraction of sp³-hybridized carbons (Fsp3) is 0.781. The number of aryl methyl sites for hydroxylation is 1. The van der Waals surface area contributed by atoms with Gasteiger partial charge in [-0.1, -0.05) is 57.2 Å². The average Bonchev–Trinajstić information content (AvgIpc) is 3.01. The maximum absolute atomic E-state index is 10.3. The molecule has 0 aliphatic heterocycles. The van der Waals surface area contributed by atoms with Crippen molar-refractivity contribution >= 4 is 5.97 Å². The third-order valence-electron chi connectivity index (χ3n) is 6.09. The Hall–Kier alpha value is -1.83. The predicted octanol–water partition coefficient (Wildman–Crippen LogP) is 4.19. The largest absolute Gasteiger partial charge is 0.491 e. The number of carboxylic acid groups (broad SMARTS) is 1. The molecule has 1 rings (SSSR count). The maximum Gasteiger partial charge on any atom is 0.329 e. The average molecular weight is 617 g/mol. The molecule has 0 unspecified atom stereocenters. The third kappa shape index (κ3) is 27.5. The number of rotatable bonds is 34. The first-order valence-corrected chi connectivity index (χ1v) is 15.8. The van der Waals surface area contributed by atoms with Crippen LogP contribution in [-0.4, -0.2) is 123 Å². The number of aliphatic carboxylic acids is 1. The van der Waals surface area contributed by atoms with Gasteiger partial charge in [0.05, 0.1) is 99.1 Å². The Morgan fingerprint density at radius 3 is 1.40 bits per heavy atom. The number of unbranched alkanes of at least 4 members (excludes halogenated alkanes) is 5. The highest BCUT2D eigenvalue weighted by molar-refractivity contribution is 5.67. The molecule has 0 aliphatic carbocycles. The Bertz CT molecular complexity index is 735. The molecular weight excluding hydrogens is 560 g/mol. The van der Waals surface area contributed by atoms with Gasteiger partial charge in [0.2, 0.25) is 0 Å². The van der Waals surface area contributed by atoms with Crippen molar-refractivity contribution in [3.63, 3.8) is 0 Å². The highest BCUT2D eigenvalue weighted by Crippen LogP contribution is 2.20. The van der Waals surface area contributed by atoms with E-state index >= 15 is 0 Å². The van der Waals surface area contributed by atoms with Gasteiger partial charge in [-0.05, 0) is 24.5 Å². The van der Waals surface area contributed by atoms with E-state index in [1.165, 1.54) is 44.1 Å². The number of carboxylic acids is 1. The summed E-state index contributed by atoms with van der Waals surface area (Å²) in [4.78, 5) is 10.3. The molecule has 11 nitrogen and oxygen atoms in total. The lowest BCUT2D eigenvalue weighted by atomic mass is 10.0. The van der Waals surface area contributed by atoms with Crippen molar-refractivity contribution in [2.75, 3.05) is 112 Å². The summed E-state index contributed by atoms with van der Waals surface area (Å²) in [6, 6.07) is 8.30. The fourth-order valence-corrected chi connectivity index (χ4v) is 3.86. The van der Waals surface area contributed by atoms with Crippen LogP contribution in [0.3, 0.4) is 0 Å². The second kappa shape index (κ2) is 31.6. The Morgan fingerprint density at radius 1 is 0.535 bits per heavy atom. The summed E-state index contributed by atoms with van der Waals surface area (Å²) in [7, 11) is 0. The zero-order chi connectivity index (χ0) is 30.9. The fourth-order valence-electron chi connectivity index (χ4n) is 3.86. The lowest BCUT2D eigenvalue weighted by Gasteiger charge is -2.12. The number of hydrogen-bond donors (Lipinski definition) is 1. The number of benzene rings is 1. The third-order valence-corrected chi connectivity index (χ3v) is 6.09. The van der Waals surface area contributed by atoms with Gasteiger partial charge in [-0.15, -0.1) is 0 Å². The molecule has 43 heavy (non-hydrogen) atoms. The number of ether oxygens (including phenoxy) is 9. The summed E-state index contributed by atoms with van der Waals surface area (Å²) in [5, 5.41) is 8.43. The lowest BCUT2D eigenvalue weighted by Crippen LogP contribution is -2.15. The van der Waals surface area contributed by atoms with E-state index in [2.05, 4.69) is 19.1 Å². The van der Waals surface area contributed by atoms with E-state index in [4.69, 9.17) is 47.7 Å². The molecule has 0 saturated carbocycles. The number of carbonyl (C=O) groups is 1. The zero-order valence-corrected chi connectivity index (χ0v) is 26.3. The van der Waals surface area contributed by atoms with Crippen LogP contribution >= 0.6 is 0 Å². The van der Waals surface area contributed by atoms with Crippen molar-refractivity contribution in [3.8, 4) is 5.75 Å². The molecule has 0 bridgehead atoms. The molecule has 0 heterocycles. The monoisotopic (exact) mass is 616 g/mol. The number of hydrogen-bond acceptors (Lipinski definition) is 10. The van der Waals surface area contributed by atoms with Gasteiger partial charge in [-0.2, -0.15) is 0 Å². The van der Waals surface area contributed by atoms with E-state index < -0.39 is 5.97 Å². The van der Waals surface area contributed by atoms with E-state index in [1.54, 1.807) is 0 Å². The molecular formula is C32H56O11. The van der Waals surface area contributed by atoms with Crippen LogP contribution in [0.25, 0.3) is 0 Å². The van der Waals surface area contributed by atoms with Crippen molar-refractivity contribution in [3.05, 3.63) is 29.8 Å². The van der Waals surface area contributed by atoms with Gasteiger partial charge in [0.1, 0.15) is 19.0 Å². The first-order valence-electron chi connectivity index (χ1n) is 15.8. The Kier molecular flexibility index (Phi) is 28.8. The van der Waals surface area contributed by atoms with Crippen molar-refractivity contribution in [2.24, 2.45) is 0 Å². The van der Waals surface area contributed by atoms with E-state index in [-0.39, 0.29) is 13.2 Å². The molecule has 11 heteroatoms. The minimum Gasteiger partial charge on any atom is -0.491 e. The van der Waals surface area contributed by atoms with Crippen LogP contribution in [0.15, 0.2) is 24.3 Å². The molecule has 0 radical (unpaired) electrons. The standard InChI is InChI=1S/C32H56O11/c1-2-3-4-5-6-7-10-30-11-8-9-12-31(30)43-28-27-41-24-23-39-20-19-37-16-15-35-13-14-36-17-18-38-21-22-40-25-26-42-29-32(33)34/h8-9,11-12H,2-7,10,13-29H2,1H3,(H,33,34). The Morgan fingerprint density at radius 2 is 0.930 bits per heavy atom. The van der Waals surface area contributed by atoms with Crippen LogP contribution < -0.4 is 4.74 Å². The van der Waals surface area contributed by atoms with Crippen LogP contribution in [0, 0.1) is 0 Å². The molecule has 1 aromatic carbocycles. The highest BCUT2D eigenvalue weighted by Gasteiger charge is 2.03. The van der Waals surface area contributed by atoms with Gasteiger partial charge >= 0.3 is 5.97 Å². The minimum atomic E-state index is -0.991. The molecule has 0 spiro atoms. The van der Waals surface area contributed by atoms with Crippen LogP contribution in [0.4, 0.5) is 0 Å². The molecule has 0 amide bonds. The van der Waals surface area contributed by atoms with Crippen LogP contribution in [0.1, 0.15) is 51.0 Å². The van der Waals surface area contributed by atoms with Gasteiger partial charge in [0, 0.05) is 0 Å². The number of para-hydroxylation sites is 1. The van der Waals surface area contributed by atoms with Crippen molar-refractivity contribution in [2.45, 2.75) is 51.9 Å². The lowest BCUT2D eigenvalue weighted by molar-refractivity contribution is -0.142. The van der Waals surface area contributed by atoms with Gasteiger partial charge in [-0.25, -0.2) is 4.79 Å². The van der Waals surface area contributed by atoms with Crippen molar-refractivity contribution < 1.29 is 52.5 Å². The van der Waals surface area contributed by atoms with Crippen LogP contribution in [0.2, 0.25) is 0 Å². The summed E-state index contributed by atoms with van der Waals surface area (Å²) in [5.74, 6) is -0.0247. The minimum absolute atomic E-state index is 0.246. The second-order valence-electron chi connectivity index (χ2n) is 9.71. The van der Waals surface area contributed by atoms with Crippen LogP contribution in [0.5, 0.6) is 5.75 Å². The zero-order valence-electron chi connectivity index (χ0n) is 26.3. The van der Waals surface area contributed by atoms with Crippen LogP contribution in [-0.2, 0) is 49.1 Å². The smallest absolute Gasteiger partial charge is 0.329 e. The summed E-state index contributed by atoms with van der Waals surface area (Å²) in [5.41, 5.74) is 1.28. The first kappa shape index (κ1) is 39.2. The summed E-state index contributed by atoms with van der Waals surface area (Å²) in [6.07, 6.45) is 8.83. The van der Waals surface area contributed by atoms with E-state index in [0.29, 0.717) is 99.1 Å². The molecule has 1 aromatic rings. The molecule has 0 aliphatic rings. The first-order chi connectivity index (χ1) is 21.2. The van der Waals surface area contributed by atoms with E-state index in [9.17, 15) is 4.79 Å². The van der Waals surface area contributed by atoms with E-state index in [1.807, 2.05) is 12.1 Å². The predicted molar refractivity (Wildman–Crippen MR) is 163 cm³/mol. The van der Waals surface area contributed by atoms with Gasteiger partial charge in [0.25, 0.3) is 0 Å². The Balaban J connectivity index is 1.77. The topological polar surface area (TPSA) is 120 Å². The quantitative estimate of drug-likeness (QED) is 0.112. The summed E-state index contributed by atoms with van der Waals surface area (Å²) < 4.78 is 49.0. The van der Waals surface area contributed by atoms with Crippen molar-refractivity contribution in [1.82, 2.24) is 0 Å². The summed E-state index contributed by atoms with van der Waals surface area (Å²) >= 11 is 0. The van der Waals surface area contributed by atoms with E-state index in [0.717, 1.165) is 12.2 Å². The second-order valence-corrected chi connectivity index (χ2v) is 9.71. The molecule has 250 valence electrons. The Labute approximate surface area is 258 Å².